The number of fused-ring (bicyclic) bond motifs is 5. The quantitative estimate of drug-likeness (QED) is 0.615. The summed E-state index contributed by atoms with van der Waals surface area (Å²) in [5, 5.41) is 21.5. The minimum absolute atomic E-state index is 0.0666. The summed E-state index contributed by atoms with van der Waals surface area (Å²) in [4.78, 5) is 0. The van der Waals surface area contributed by atoms with Gasteiger partial charge in [0, 0.05) is 5.41 Å². The van der Waals surface area contributed by atoms with Crippen LogP contribution in [0.15, 0.2) is 41.5 Å². The third-order valence-corrected chi connectivity index (χ3v) is 9.17. The maximum atomic E-state index is 13.3. The van der Waals surface area contributed by atoms with Crippen LogP contribution in [0.1, 0.15) is 64.4 Å². The van der Waals surface area contributed by atoms with E-state index in [1.54, 1.807) is 12.1 Å². The van der Waals surface area contributed by atoms with Crippen molar-refractivity contribution in [2.24, 2.45) is 28.6 Å². The van der Waals surface area contributed by atoms with Crippen molar-refractivity contribution >= 4 is 6.08 Å². The van der Waals surface area contributed by atoms with Crippen LogP contribution in [-0.2, 0) is 0 Å². The van der Waals surface area contributed by atoms with Crippen molar-refractivity contribution in [3.05, 3.63) is 52.9 Å². The summed E-state index contributed by atoms with van der Waals surface area (Å²) in [6.45, 7) is 4.72. The molecule has 0 aromatic heterocycles. The molecule has 0 saturated heterocycles. The summed E-state index contributed by atoms with van der Waals surface area (Å²) in [6, 6.07) is 6.58. The largest absolute Gasteiger partial charge is 0.393 e. The summed E-state index contributed by atoms with van der Waals surface area (Å²) < 4.78 is 13.3. The Kier molecular flexibility index (Phi) is 4.56. The number of halogens is 1. The summed E-state index contributed by atoms with van der Waals surface area (Å²) in [5.41, 5.74) is 3.73. The molecule has 29 heavy (non-hydrogen) atoms. The van der Waals surface area contributed by atoms with E-state index in [0.29, 0.717) is 17.8 Å². The number of allylic oxidation sites excluding steroid dienone is 1. The molecular formula is C26H33FO2. The topological polar surface area (TPSA) is 40.5 Å². The van der Waals surface area contributed by atoms with E-state index in [9.17, 15) is 14.6 Å². The lowest BCUT2D eigenvalue weighted by atomic mass is 9.48. The monoisotopic (exact) mass is 396 g/mol. The Labute approximate surface area is 173 Å². The first-order valence-electron chi connectivity index (χ1n) is 11.3. The van der Waals surface area contributed by atoms with E-state index in [2.05, 4.69) is 26.0 Å². The molecule has 7 atom stereocenters. The maximum absolute atomic E-state index is 13.3. The molecule has 2 nitrogen and oxygen atoms in total. The second-order valence-electron chi connectivity index (χ2n) is 10.6. The van der Waals surface area contributed by atoms with Gasteiger partial charge in [-0.1, -0.05) is 43.7 Å². The van der Waals surface area contributed by atoms with Crippen molar-refractivity contribution in [3.63, 3.8) is 0 Å². The van der Waals surface area contributed by atoms with Gasteiger partial charge in [-0.25, -0.2) is 4.39 Å². The predicted molar refractivity (Wildman–Crippen MR) is 113 cm³/mol. The van der Waals surface area contributed by atoms with Gasteiger partial charge in [-0.2, -0.15) is 0 Å². The zero-order valence-corrected chi connectivity index (χ0v) is 17.6. The number of hydrogen-bond acceptors (Lipinski definition) is 2. The fourth-order valence-electron chi connectivity index (χ4n) is 7.41. The molecule has 0 unspecified atom stereocenters. The van der Waals surface area contributed by atoms with Crippen molar-refractivity contribution in [1.82, 2.24) is 0 Å². The Bertz CT molecular complexity index is 856. The molecule has 4 aliphatic carbocycles. The molecule has 3 saturated carbocycles. The van der Waals surface area contributed by atoms with Crippen LogP contribution < -0.4 is 0 Å². The molecule has 0 aliphatic heterocycles. The molecule has 0 radical (unpaired) electrons. The van der Waals surface area contributed by atoms with E-state index in [4.69, 9.17) is 0 Å². The molecule has 0 bridgehead atoms. The van der Waals surface area contributed by atoms with Crippen LogP contribution in [0.3, 0.4) is 0 Å². The molecule has 0 heterocycles. The highest BCUT2D eigenvalue weighted by Gasteiger charge is 2.59. The van der Waals surface area contributed by atoms with Gasteiger partial charge in [0.1, 0.15) is 5.82 Å². The highest BCUT2D eigenvalue weighted by atomic mass is 19.1. The standard InChI is InChI=1S/C26H33FO2/c1-25-11-9-20(28)15-18(25)5-8-21-22(25)10-12-26(2)23(21)14-17(24(26)29)13-16-3-6-19(27)7-4-16/h3-7,13,20-24,28-29H,8-12,14-15H2,1-2H3/b17-13+/t20-,21-,22+,23+,24-,25-,26-/m0/s1. The number of rotatable bonds is 1. The van der Waals surface area contributed by atoms with Gasteiger partial charge in [-0.15, -0.1) is 0 Å². The molecule has 0 spiro atoms. The predicted octanol–water partition coefficient (Wildman–Crippen LogP) is 5.50. The first-order chi connectivity index (χ1) is 13.8. The van der Waals surface area contributed by atoms with Gasteiger partial charge in [0.25, 0.3) is 0 Å². The van der Waals surface area contributed by atoms with E-state index >= 15 is 0 Å². The minimum atomic E-state index is -0.412. The van der Waals surface area contributed by atoms with Gasteiger partial charge in [0.15, 0.2) is 0 Å². The zero-order valence-electron chi connectivity index (χ0n) is 17.6. The van der Waals surface area contributed by atoms with Crippen LogP contribution >= 0.6 is 0 Å². The molecular weight excluding hydrogens is 363 g/mol. The third-order valence-electron chi connectivity index (χ3n) is 9.17. The summed E-state index contributed by atoms with van der Waals surface area (Å²) in [5.74, 6) is 1.53. The van der Waals surface area contributed by atoms with E-state index in [1.165, 1.54) is 24.1 Å². The molecule has 1 aromatic rings. The van der Waals surface area contributed by atoms with Crippen LogP contribution in [0.4, 0.5) is 4.39 Å². The lowest BCUT2D eigenvalue weighted by molar-refractivity contribution is -0.0685. The molecule has 5 rings (SSSR count). The highest BCUT2D eigenvalue weighted by molar-refractivity contribution is 5.55. The summed E-state index contributed by atoms with van der Waals surface area (Å²) >= 11 is 0. The number of aliphatic hydroxyl groups is 2. The average molecular weight is 397 g/mol. The molecule has 156 valence electrons. The maximum Gasteiger partial charge on any atom is 0.123 e. The average Bonchev–Trinajstić information content (AvgIpc) is 2.95. The van der Waals surface area contributed by atoms with Crippen molar-refractivity contribution in [2.45, 2.75) is 71.0 Å². The van der Waals surface area contributed by atoms with Crippen LogP contribution in [0.25, 0.3) is 6.08 Å². The van der Waals surface area contributed by atoms with Crippen molar-refractivity contribution in [1.29, 1.82) is 0 Å². The smallest absolute Gasteiger partial charge is 0.123 e. The fraction of sp³-hybridized carbons (Fsp3) is 0.615. The second kappa shape index (κ2) is 6.78. The Hall–Kier alpha value is -1.45. The lowest BCUT2D eigenvalue weighted by Crippen LogP contribution is -2.51. The first kappa shape index (κ1) is 19.5. The van der Waals surface area contributed by atoms with Crippen LogP contribution in [0.2, 0.25) is 0 Å². The van der Waals surface area contributed by atoms with Crippen LogP contribution in [0, 0.1) is 34.4 Å². The van der Waals surface area contributed by atoms with Gasteiger partial charge in [-0.3, -0.25) is 0 Å². The Morgan fingerprint density at radius 3 is 2.52 bits per heavy atom. The van der Waals surface area contributed by atoms with Crippen molar-refractivity contribution in [2.75, 3.05) is 0 Å². The molecule has 2 N–H and O–H groups in total. The number of hydrogen-bond donors (Lipinski definition) is 2. The van der Waals surface area contributed by atoms with Crippen molar-refractivity contribution in [3.8, 4) is 0 Å². The van der Waals surface area contributed by atoms with Crippen molar-refractivity contribution < 1.29 is 14.6 Å². The first-order valence-corrected chi connectivity index (χ1v) is 11.3. The lowest BCUT2D eigenvalue weighted by Gasteiger charge is -2.57. The number of aliphatic hydroxyl groups excluding tert-OH is 2. The van der Waals surface area contributed by atoms with Gasteiger partial charge >= 0.3 is 0 Å². The summed E-state index contributed by atoms with van der Waals surface area (Å²) in [6.07, 6.45) is 11.0. The molecule has 0 amide bonds. The molecule has 3 heteroatoms. The Balaban J connectivity index is 1.46. The number of benzene rings is 1. The Morgan fingerprint density at radius 1 is 1.00 bits per heavy atom. The van der Waals surface area contributed by atoms with Gasteiger partial charge in [0.2, 0.25) is 0 Å². The fourth-order valence-corrected chi connectivity index (χ4v) is 7.41. The minimum Gasteiger partial charge on any atom is -0.393 e. The van der Waals surface area contributed by atoms with Crippen LogP contribution in [0.5, 0.6) is 0 Å². The van der Waals surface area contributed by atoms with Gasteiger partial charge < -0.3 is 10.2 Å². The van der Waals surface area contributed by atoms with Crippen LogP contribution in [-0.4, -0.2) is 22.4 Å². The van der Waals surface area contributed by atoms with E-state index in [-0.39, 0.29) is 22.8 Å². The second-order valence-corrected chi connectivity index (χ2v) is 10.6. The molecule has 4 aliphatic rings. The van der Waals surface area contributed by atoms with E-state index in [1.807, 2.05) is 0 Å². The normalized spacial score (nSPS) is 45.3. The highest BCUT2D eigenvalue weighted by Crippen LogP contribution is 2.65. The zero-order chi connectivity index (χ0) is 20.4. The van der Waals surface area contributed by atoms with E-state index < -0.39 is 6.10 Å². The third kappa shape index (κ3) is 2.96. The summed E-state index contributed by atoms with van der Waals surface area (Å²) in [7, 11) is 0. The van der Waals surface area contributed by atoms with Gasteiger partial charge in [-0.05, 0) is 91.4 Å². The van der Waals surface area contributed by atoms with E-state index in [0.717, 1.165) is 49.7 Å². The SMILES string of the molecule is C[C@]12CC[C@@H]3[C@H](CC=C4C[C@@H](O)CC[C@@]43C)[C@H]1C/C(=C\c1ccc(F)cc1)[C@@H]2O. The molecule has 3 fully saturated rings. The molecule has 1 aromatic carbocycles. The van der Waals surface area contributed by atoms with Gasteiger partial charge in [0.05, 0.1) is 12.2 Å². The Morgan fingerprint density at radius 2 is 1.76 bits per heavy atom.